The molecular weight excluding hydrogens is 240 g/mol. The Labute approximate surface area is 110 Å². The van der Waals surface area contributed by atoms with Gasteiger partial charge in [-0.1, -0.05) is 18.2 Å². The van der Waals surface area contributed by atoms with Gasteiger partial charge >= 0.3 is 0 Å². The van der Waals surface area contributed by atoms with Gasteiger partial charge in [-0.25, -0.2) is 0 Å². The zero-order valence-electron chi connectivity index (χ0n) is 10.4. The fourth-order valence-corrected chi connectivity index (χ4v) is 3.42. The maximum atomic E-state index is 5.85. The largest absolute Gasteiger partial charge is 0.328 e. The van der Waals surface area contributed by atoms with E-state index < -0.39 is 0 Å². The van der Waals surface area contributed by atoms with E-state index >= 15 is 0 Å². The molecule has 0 saturated heterocycles. The lowest BCUT2D eigenvalue weighted by Gasteiger charge is -2.05. The second kappa shape index (κ2) is 4.67. The highest BCUT2D eigenvalue weighted by atomic mass is 32.1. The summed E-state index contributed by atoms with van der Waals surface area (Å²) in [7, 11) is 0. The third-order valence-electron chi connectivity index (χ3n) is 3.20. The van der Waals surface area contributed by atoms with Crippen molar-refractivity contribution in [3.63, 3.8) is 0 Å². The van der Waals surface area contributed by atoms with Crippen molar-refractivity contribution in [1.29, 1.82) is 0 Å². The standard InChI is InChI=1S/C15H16N2S/c1-10(16)6-7-12-15-11-4-2-3-5-13(11)18-14(15)8-9-17-12/h2-5,8-10H,6-7,16H2,1H3. The number of thiophene rings is 1. The number of benzene rings is 1. The predicted octanol–water partition coefficient (Wildman–Crippen LogP) is 3.73. The van der Waals surface area contributed by atoms with Gasteiger partial charge in [-0.3, -0.25) is 4.98 Å². The number of rotatable bonds is 3. The Morgan fingerprint density at radius 1 is 1.22 bits per heavy atom. The summed E-state index contributed by atoms with van der Waals surface area (Å²) in [5.41, 5.74) is 7.03. The predicted molar refractivity (Wildman–Crippen MR) is 79.1 cm³/mol. The van der Waals surface area contributed by atoms with E-state index in [9.17, 15) is 0 Å². The first kappa shape index (κ1) is 11.6. The zero-order valence-corrected chi connectivity index (χ0v) is 11.2. The van der Waals surface area contributed by atoms with Crippen LogP contribution in [-0.2, 0) is 6.42 Å². The normalized spacial score (nSPS) is 13.2. The average molecular weight is 256 g/mol. The van der Waals surface area contributed by atoms with Gasteiger partial charge in [0.15, 0.2) is 0 Å². The summed E-state index contributed by atoms with van der Waals surface area (Å²) in [6.45, 7) is 2.05. The monoisotopic (exact) mass is 256 g/mol. The molecule has 1 aromatic carbocycles. The maximum Gasteiger partial charge on any atom is 0.0497 e. The first-order chi connectivity index (χ1) is 8.75. The molecular formula is C15H16N2S. The molecule has 2 N–H and O–H groups in total. The molecule has 92 valence electrons. The van der Waals surface area contributed by atoms with Crippen molar-refractivity contribution < 1.29 is 0 Å². The Morgan fingerprint density at radius 3 is 2.89 bits per heavy atom. The van der Waals surface area contributed by atoms with Crippen molar-refractivity contribution >= 4 is 31.5 Å². The molecule has 2 aromatic heterocycles. The van der Waals surface area contributed by atoms with Gasteiger partial charge in [-0.15, -0.1) is 11.3 Å². The van der Waals surface area contributed by atoms with Gasteiger partial charge in [-0.05, 0) is 31.9 Å². The molecule has 0 aliphatic rings. The lowest BCUT2D eigenvalue weighted by atomic mass is 10.1. The molecule has 0 radical (unpaired) electrons. The number of hydrogen-bond acceptors (Lipinski definition) is 3. The molecule has 3 heteroatoms. The fraction of sp³-hybridized carbons (Fsp3) is 0.267. The van der Waals surface area contributed by atoms with Crippen LogP contribution in [0.15, 0.2) is 36.5 Å². The van der Waals surface area contributed by atoms with Crippen LogP contribution < -0.4 is 5.73 Å². The second-order valence-corrected chi connectivity index (χ2v) is 5.83. The Kier molecular flexibility index (Phi) is 3.02. The summed E-state index contributed by atoms with van der Waals surface area (Å²) in [5.74, 6) is 0. The fourth-order valence-electron chi connectivity index (χ4n) is 2.29. The van der Waals surface area contributed by atoms with Crippen LogP contribution >= 0.6 is 11.3 Å². The first-order valence-corrected chi connectivity index (χ1v) is 7.08. The molecule has 0 amide bonds. The minimum Gasteiger partial charge on any atom is -0.328 e. The summed E-state index contributed by atoms with van der Waals surface area (Å²) >= 11 is 1.84. The third-order valence-corrected chi connectivity index (χ3v) is 4.34. The Bertz CT molecular complexity index is 685. The molecule has 2 heterocycles. The molecule has 0 aliphatic heterocycles. The van der Waals surface area contributed by atoms with Crippen LogP contribution in [0.2, 0.25) is 0 Å². The van der Waals surface area contributed by atoms with Crippen LogP contribution in [-0.4, -0.2) is 11.0 Å². The van der Waals surface area contributed by atoms with E-state index in [1.165, 1.54) is 25.9 Å². The third kappa shape index (κ3) is 2.00. The number of fused-ring (bicyclic) bond motifs is 3. The van der Waals surface area contributed by atoms with E-state index in [1.807, 2.05) is 24.5 Å². The molecule has 1 unspecified atom stereocenters. The molecule has 2 nitrogen and oxygen atoms in total. The molecule has 3 rings (SSSR count). The number of nitrogens with two attached hydrogens (primary N) is 1. The van der Waals surface area contributed by atoms with Crippen molar-refractivity contribution in [2.24, 2.45) is 5.73 Å². The topological polar surface area (TPSA) is 38.9 Å². The van der Waals surface area contributed by atoms with Crippen molar-refractivity contribution in [2.75, 3.05) is 0 Å². The Morgan fingerprint density at radius 2 is 2.06 bits per heavy atom. The Balaban J connectivity index is 2.18. The molecule has 0 spiro atoms. The second-order valence-electron chi connectivity index (χ2n) is 4.74. The van der Waals surface area contributed by atoms with Gasteiger partial charge < -0.3 is 5.73 Å². The van der Waals surface area contributed by atoms with Crippen LogP contribution in [0, 0.1) is 0 Å². The molecule has 0 saturated carbocycles. The number of aryl methyl sites for hydroxylation is 1. The highest BCUT2D eigenvalue weighted by Gasteiger charge is 2.10. The molecule has 0 aliphatic carbocycles. The minimum absolute atomic E-state index is 0.229. The summed E-state index contributed by atoms with van der Waals surface area (Å²) in [6.07, 6.45) is 3.85. The van der Waals surface area contributed by atoms with Crippen LogP contribution in [0.25, 0.3) is 20.2 Å². The van der Waals surface area contributed by atoms with Gasteiger partial charge in [0.05, 0.1) is 0 Å². The van der Waals surface area contributed by atoms with Crippen molar-refractivity contribution in [2.45, 2.75) is 25.8 Å². The van der Waals surface area contributed by atoms with Gasteiger partial charge in [-0.2, -0.15) is 0 Å². The summed E-state index contributed by atoms with van der Waals surface area (Å²) in [4.78, 5) is 4.55. The average Bonchev–Trinajstić information content (AvgIpc) is 2.75. The lowest BCUT2D eigenvalue weighted by Crippen LogP contribution is -2.15. The van der Waals surface area contributed by atoms with Gasteiger partial charge in [0.25, 0.3) is 0 Å². The summed E-state index contributed by atoms with van der Waals surface area (Å²) < 4.78 is 2.66. The van der Waals surface area contributed by atoms with E-state index in [2.05, 4.69) is 35.3 Å². The molecule has 3 aromatic rings. The van der Waals surface area contributed by atoms with Gasteiger partial charge in [0, 0.05) is 38.1 Å². The minimum atomic E-state index is 0.229. The number of pyridine rings is 1. The van der Waals surface area contributed by atoms with Gasteiger partial charge in [0.1, 0.15) is 0 Å². The quantitative estimate of drug-likeness (QED) is 0.775. The van der Waals surface area contributed by atoms with Crippen molar-refractivity contribution in [1.82, 2.24) is 4.98 Å². The van der Waals surface area contributed by atoms with Crippen molar-refractivity contribution in [3.8, 4) is 0 Å². The van der Waals surface area contributed by atoms with Crippen LogP contribution in [0.1, 0.15) is 19.0 Å². The first-order valence-electron chi connectivity index (χ1n) is 6.26. The van der Waals surface area contributed by atoms with E-state index in [0.29, 0.717) is 0 Å². The van der Waals surface area contributed by atoms with Crippen LogP contribution in [0.5, 0.6) is 0 Å². The SMILES string of the molecule is CC(N)CCc1nccc2sc3ccccc3c12. The smallest absolute Gasteiger partial charge is 0.0497 e. The number of nitrogens with zero attached hydrogens (tertiary/aromatic N) is 1. The van der Waals surface area contributed by atoms with E-state index in [1.54, 1.807) is 0 Å². The Hall–Kier alpha value is -1.45. The summed E-state index contributed by atoms with van der Waals surface area (Å²) in [6, 6.07) is 10.9. The lowest BCUT2D eigenvalue weighted by molar-refractivity contribution is 0.661. The summed E-state index contributed by atoms with van der Waals surface area (Å²) in [5, 5.41) is 2.64. The molecule has 0 fully saturated rings. The van der Waals surface area contributed by atoms with Crippen LogP contribution in [0.4, 0.5) is 0 Å². The van der Waals surface area contributed by atoms with E-state index in [4.69, 9.17) is 5.73 Å². The number of aromatic nitrogens is 1. The maximum absolute atomic E-state index is 5.85. The van der Waals surface area contributed by atoms with E-state index in [-0.39, 0.29) is 6.04 Å². The number of hydrogen-bond donors (Lipinski definition) is 1. The van der Waals surface area contributed by atoms with Crippen LogP contribution in [0.3, 0.4) is 0 Å². The molecule has 18 heavy (non-hydrogen) atoms. The highest BCUT2D eigenvalue weighted by Crippen LogP contribution is 2.35. The molecule has 1 atom stereocenters. The zero-order chi connectivity index (χ0) is 12.5. The van der Waals surface area contributed by atoms with Crippen molar-refractivity contribution in [3.05, 3.63) is 42.2 Å². The molecule has 0 bridgehead atoms. The van der Waals surface area contributed by atoms with Gasteiger partial charge in [0.2, 0.25) is 0 Å². The van der Waals surface area contributed by atoms with E-state index in [0.717, 1.165) is 12.8 Å². The highest BCUT2D eigenvalue weighted by molar-refractivity contribution is 7.25.